The van der Waals surface area contributed by atoms with Gasteiger partial charge in [-0.3, -0.25) is 0 Å². The van der Waals surface area contributed by atoms with Crippen molar-refractivity contribution >= 4 is 6.03 Å². The highest BCUT2D eigenvalue weighted by molar-refractivity contribution is 5.74. The number of aryl methyl sites for hydroxylation is 1. The van der Waals surface area contributed by atoms with Crippen molar-refractivity contribution in [1.29, 1.82) is 0 Å². The summed E-state index contributed by atoms with van der Waals surface area (Å²) < 4.78 is 7.78. The molecule has 3 rings (SSSR count). The van der Waals surface area contributed by atoms with Gasteiger partial charge in [0.15, 0.2) is 0 Å². The van der Waals surface area contributed by atoms with Crippen molar-refractivity contribution in [3.63, 3.8) is 0 Å². The number of ether oxygens (including phenoxy) is 1. The average molecular weight is 313 g/mol. The topological polar surface area (TPSA) is 46.5 Å². The van der Waals surface area contributed by atoms with Crippen LogP contribution in [0.4, 0.5) is 4.79 Å². The van der Waals surface area contributed by atoms with E-state index in [1.54, 1.807) is 0 Å². The maximum atomic E-state index is 12.3. The quantitative estimate of drug-likeness (QED) is 0.940. The number of morpholine rings is 1. The largest absolute Gasteiger partial charge is 0.374 e. The molecule has 1 aromatic heterocycles. The minimum Gasteiger partial charge on any atom is -0.374 e. The molecule has 0 unspecified atom stereocenters. The van der Waals surface area contributed by atoms with Gasteiger partial charge in [0.05, 0.1) is 12.7 Å². The Morgan fingerprint density at radius 1 is 1.26 bits per heavy atom. The van der Waals surface area contributed by atoms with Crippen LogP contribution in [0.15, 0.2) is 48.8 Å². The van der Waals surface area contributed by atoms with Gasteiger partial charge in [-0.15, -0.1) is 0 Å². The molecule has 2 heterocycles. The zero-order valence-electron chi connectivity index (χ0n) is 13.4. The van der Waals surface area contributed by atoms with Crippen LogP contribution in [0.5, 0.6) is 0 Å². The molecule has 2 aromatic rings. The van der Waals surface area contributed by atoms with Crippen LogP contribution in [0, 0.1) is 0 Å². The Bertz CT molecular complexity index is 639. The number of benzene rings is 1. The van der Waals surface area contributed by atoms with E-state index >= 15 is 0 Å². The summed E-state index contributed by atoms with van der Waals surface area (Å²) in [5.41, 5.74) is 2.35. The first-order valence-corrected chi connectivity index (χ1v) is 8.00. The van der Waals surface area contributed by atoms with Gasteiger partial charge >= 0.3 is 6.03 Å². The van der Waals surface area contributed by atoms with Crippen molar-refractivity contribution in [3.8, 4) is 0 Å². The number of urea groups is 1. The Labute approximate surface area is 136 Å². The molecule has 5 heteroatoms. The predicted molar refractivity (Wildman–Crippen MR) is 89.1 cm³/mol. The van der Waals surface area contributed by atoms with Gasteiger partial charge < -0.3 is 19.5 Å². The van der Waals surface area contributed by atoms with Gasteiger partial charge in [0.1, 0.15) is 0 Å². The second-order valence-electron chi connectivity index (χ2n) is 5.97. The van der Waals surface area contributed by atoms with Crippen LogP contribution in [0.3, 0.4) is 0 Å². The Morgan fingerprint density at radius 3 is 2.83 bits per heavy atom. The summed E-state index contributed by atoms with van der Waals surface area (Å²) in [6.07, 6.45) is 4.89. The van der Waals surface area contributed by atoms with Gasteiger partial charge in [0.25, 0.3) is 0 Å². The van der Waals surface area contributed by atoms with E-state index in [1.807, 2.05) is 53.2 Å². The molecule has 0 radical (unpaired) electrons. The third-order valence-electron chi connectivity index (χ3n) is 4.07. The second kappa shape index (κ2) is 7.33. The molecule has 23 heavy (non-hydrogen) atoms. The van der Waals surface area contributed by atoms with Crippen molar-refractivity contribution < 1.29 is 9.53 Å². The zero-order chi connectivity index (χ0) is 16.1. The lowest BCUT2D eigenvalue weighted by molar-refractivity contribution is -0.0133. The number of nitrogens with one attached hydrogen (secondary N) is 1. The number of carbonyl (C=O) groups is 1. The Morgan fingerprint density at radius 2 is 2.09 bits per heavy atom. The fourth-order valence-electron chi connectivity index (χ4n) is 2.86. The van der Waals surface area contributed by atoms with E-state index in [1.165, 1.54) is 5.56 Å². The molecule has 1 aliphatic heterocycles. The summed E-state index contributed by atoms with van der Waals surface area (Å²) in [5, 5.41) is 2.98. The molecular formula is C18H23N3O2. The minimum atomic E-state index is -0.0183. The van der Waals surface area contributed by atoms with Crippen molar-refractivity contribution in [2.24, 2.45) is 7.05 Å². The van der Waals surface area contributed by atoms with Crippen LogP contribution in [0.25, 0.3) is 0 Å². The molecule has 122 valence electrons. The molecule has 0 aliphatic carbocycles. The van der Waals surface area contributed by atoms with Crippen molar-refractivity contribution in [3.05, 3.63) is 59.9 Å². The maximum Gasteiger partial charge on any atom is 0.317 e. The molecule has 1 N–H and O–H groups in total. The van der Waals surface area contributed by atoms with E-state index < -0.39 is 0 Å². The number of amides is 2. The molecule has 1 saturated heterocycles. The van der Waals surface area contributed by atoms with Crippen LogP contribution in [-0.4, -0.2) is 41.3 Å². The monoisotopic (exact) mass is 313 g/mol. The number of rotatable bonds is 4. The summed E-state index contributed by atoms with van der Waals surface area (Å²) in [4.78, 5) is 14.2. The average Bonchev–Trinajstić information content (AvgIpc) is 2.99. The maximum absolute atomic E-state index is 12.3. The summed E-state index contributed by atoms with van der Waals surface area (Å²) in [5.74, 6) is 0. The predicted octanol–water partition coefficient (Wildman–Crippen LogP) is 2.18. The lowest BCUT2D eigenvalue weighted by atomic mass is 10.1. The van der Waals surface area contributed by atoms with Crippen molar-refractivity contribution in [2.75, 3.05) is 19.7 Å². The summed E-state index contributed by atoms with van der Waals surface area (Å²) in [7, 11) is 1.97. The van der Waals surface area contributed by atoms with Gasteiger partial charge in [-0.1, -0.05) is 30.3 Å². The second-order valence-corrected chi connectivity index (χ2v) is 5.97. The van der Waals surface area contributed by atoms with Gasteiger partial charge in [0, 0.05) is 45.5 Å². The first-order valence-electron chi connectivity index (χ1n) is 8.00. The third-order valence-corrected chi connectivity index (χ3v) is 4.07. The van der Waals surface area contributed by atoms with E-state index in [-0.39, 0.29) is 12.1 Å². The SMILES string of the molecule is Cn1ccc(CNC(=O)N2CCO[C@H](Cc3ccccc3)C2)c1. The number of carbonyl (C=O) groups excluding carboxylic acids is 1. The summed E-state index contributed by atoms with van der Waals surface area (Å²) in [6.45, 7) is 2.43. The summed E-state index contributed by atoms with van der Waals surface area (Å²) >= 11 is 0. The zero-order valence-corrected chi connectivity index (χ0v) is 13.4. The third kappa shape index (κ3) is 4.36. The van der Waals surface area contributed by atoms with Crippen LogP contribution >= 0.6 is 0 Å². The number of nitrogens with zero attached hydrogens (tertiary/aromatic N) is 2. The van der Waals surface area contributed by atoms with Crippen molar-refractivity contribution in [1.82, 2.24) is 14.8 Å². The smallest absolute Gasteiger partial charge is 0.317 e. The summed E-state index contributed by atoms with van der Waals surface area (Å²) in [6, 6.07) is 12.3. The molecule has 0 bridgehead atoms. The first kappa shape index (κ1) is 15.6. The van der Waals surface area contributed by atoms with Crippen LogP contribution in [-0.2, 0) is 24.8 Å². The van der Waals surface area contributed by atoms with Crippen LogP contribution < -0.4 is 5.32 Å². The molecule has 1 aliphatic rings. The molecule has 5 nitrogen and oxygen atoms in total. The van der Waals surface area contributed by atoms with Crippen LogP contribution in [0.2, 0.25) is 0 Å². The highest BCUT2D eigenvalue weighted by Crippen LogP contribution is 2.12. The molecule has 1 aromatic carbocycles. The number of aromatic nitrogens is 1. The molecule has 0 saturated carbocycles. The first-order chi connectivity index (χ1) is 11.2. The lowest BCUT2D eigenvalue weighted by Gasteiger charge is -2.33. The Balaban J connectivity index is 1.50. The van der Waals surface area contributed by atoms with E-state index in [0.29, 0.717) is 26.2 Å². The molecular weight excluding hydrogens is 290 g/mol. The highest BCUT2D eigenvalue weighted by atomic mass is 16.5. The van der Waals surface area contributed by atoms with Gasteiger partial charge in [-0.2, -0.15) is 0 Å². The number of hydrogen-bond acceptors (Lipinski definition) is 2. The van der Waals surface area contributed by atoms with E-state index in [0.717, 1.165) is 12.0 Å². The lowest BCUT2D eigenvalue weighted by Crippen LogP contribution is -2.50. The van der Waals surface area contributed by atoms with E-state index in [9.17, 15) is 4.79 Å². The van der Waals surface area contributed by atoms with Gasteiger partial charge in [-0.25, -0.2) is 4.79 Å². The van der Waals surface area contributed by atoms with Gasteiger partial charge in [0.2, 0.25) is 0 Å². The molecule has 1 atom stereocenters. The normalized spacial score (nSPS) is 18.0. The van der Waals surface area contributed by atoms with Crippen molar-refractivity contribution in [2.45, 2.75) is 19.1 Å². The number of hydrogen-bond donors (Lipinski definition) is 1. The van der Waals surface area contributed by atoms with Crippen LogP contribution in [0.1, 0.15) is 11.1 Å². The van der Waals surface area contributed by atoms with Gasteiger partial charge in [-0.05, 0) is 17.2 Å². The fourth-order valence-corrected chi connectivity index (χ4v) is 2.86. The fraction of sp³-hybridized carbons (Fsp3) is 0.389. The molecule has 1 fully saturated rings. The molecule has 2 amide bonds. The molecule has 0 spiro atoms. The van der Waals surface area contributed by atoms with E-state index in [4.69, 9.17) is 4.74 Å². The highest BCUT2D eigenvalue weighted by Gasteiger charge is 2.24. The standard InChI is InChI=1S/C18H23N3O2/c1-20-8-7-16(13-20)12-19-18(22)21-9-10-23-17(14-21)11-15-5-3-2-4-6-15/h2-8,13,17H,9-12,14H2,1H3,(H,19,22)/t17-/m1/s1. The Kier molecular flexibility index (Phi) is 4.98. The minimum absolute atomic E-state index is 0.0183. The Hall–Kier alpha value is -2.27. The van der Waals surface area contributed by atoms with E-state index in [2.05, 4.69) is 17.4 Å².